The molecule has 2 aliphatic rings. The van der Waals surface area contributed by atoms with Crippen molar-refractivity contribution in [3.05, 3.63) is 0 Å². The summed E-state index contributed by atoms with van der Waals surface area (Å²) in [6, 6.07) is 0. The standard InChI is InChI=1S/C15H29NO2S/c17-19(18,13-15-8-4-5-9-15)11-10-16-12-14-6-2-1-3-7-14/h14-16H,1-13H2. The van der Waals surface area contributed by atoms with Crippen LogP contribution in [0.4, 0.5) is 0 Å². The Labute approximate surface area is 118 Å². The highest BCUT2D eigenvalue weighted by molar-refractivity contribution is 7.91. The van der Waals surface area contributed by atoms with Crippen LogP contribution in [0.2, 0.25) is 0 Å². The summed E-state index contributed by atoms with van der Waals surface area (Å²) < 4.78 is 24.0. The van der Waals surface area contributed by atoms with Gasteiger partial charge in [0, 0.05) is 6.54 Å². The molecule has 2 fully saturated rings. The third-order valence-corrected chi connectivity index (χ3v) is 6.52. The monoisotopic (exact) mass is 287 g/mol. The molecule has 0 heterocycles. The SMILES string of the molecule is O=S(=O)(CCNCC1CCCCC1)CC1CCCC1. The summed E-state index contributed by atoms with van der Waals surface area (Å²) in [7, 11) is -2.83. The van der Waals surface area contributed by atoms with Gasteiger partial charge in [0.2, 0.25) is 0 Å². The molecule has 4 heteroatoms. The molecule has 0 bridgehead atoms. The first-order chi connectivity index (χ1) is 9.16. The molecule has 2 rings (SSSR count). The van der Waals surface area contributed by atoms with Gasteiger partial charge in [0.15, 0.2) is 9.84 Å². The fourth-order valence-electron chi connectivity index (χ4n) is 3.54. The lowest BCUT2D eigenvalue weighted by Crippen LogP contribution is -2.30. The maximum atomic E-state index is 12.0. The topological polar surface area (TPSA) is 46.2 Å². The predicted octanol–water partition coefficient (Wildman–Crippen LogP) is 2.76. The van der Waals surface area contributed by atoms with Gasteiger partial charge < -0.3 is 5.32 Å². The average molecular weight is 287 g/mol. The van der Waals surface area contributed by atoms with Crippen LogP contribution in [0.5, 0.6) is 0 Å². The van der Waals surface area contributed by atoms with Crippen LogP contribution in [0.25, 0.3) is 0 Å². The van der Waals surface area contributed by atoms with E-state index in [0.29, 0.717) is 24.0 Å². The van der Waals surface area contributed by atoms with Crippen molar-refractivity contribution in [1.82, 2.24) is 5.32 Å². The van der Waals surface area contributed by atoms with Crippen molar-refractivity contribution < 1.29 is 8.42 Å². The first kappa shape index (κ1) is 15.3. The number of rotatable bonds is 7. The summed E-state index contributed by atoms with van der Waals surface area (Å²) in [5.74, 6) is 1.99. The van der Waals surface area contributed by atoms with Crippen molar-refractivity contribution in [3.8, 4) is 0 Å². The largest absolute Gasteiger partial charge is 0.315 e. The van der Waals surface area contributed by atoms with E-state index in [9.17, 15) is 8.42 Å². The predicted molar refractivity (Wildman–Crippen MR) is 80.1 cm³/mol. The highest BCUT2D eigenvalue weighted by atomic mass is 32.2. The van der Waals surface area contributed by atoms with Crippen molar-refractivity contribution in [2.45, 2.75) is 57.8 Å². The van der Waals surface area contributed by atoms with E-state index in [2.05, 4.69) is 5.32 Å². The van der Waals surface area contributed by atoms with E-state index >= 15 is 0 Å². The third-order valence-electron chi connectivity index (χ3n) is 4.71. The normalized spacial score (nSPS) is 22.9. The number of sulfone groups is 1. The molecule has 0 amide bonds. The first-order valence-electron chi connectivity index (χ1n) is 8.07. The van der Waals surface area contributed by atoms with Crippen LogP contribution in [-0.2, 0) is 9.84 Å². The molecule has 0 spiro atoms. The Morgan fingerprint density at radius 1 is 0.842 bits per heavy atom. The Morgan fingerprint density at radius 3 is 2.11 bits per heavy atom. The quantitative estimate of drug-likeness (QED) is 0.732. The Bertz CT molecular complexity index is 341. The number of hydrogen-bond donors (Lipinski definition) is 1. The zero-order valence-corrected chi connectivity index (χ0v) is 12.9. The smallest absolute Gasteiger partial charge is 0.151 e. The fraction of sp³-hybridized carbons (Fsp3) is 1.00. The molecule has 3 nitrogen and oxygen atoms in total. The average Bonchev–Trinajstić information content (AvgIpc) is 2.88. The van der Waals surface area contributed by atoms with E-state index in [-0.39, 0.29) is 0 Å². The molecule has 0 saturated heterocycles. The molecular formula is C15H29NO2S. The molecule has 0 aromatic heterocycles. The minimum absolute atomic E-state index is 0.330. The second-order valence-electron chi connectivity index (χ2n) is 6.47. The lowest BCUT2D eigenvalue weighted by Gasteiger charge is -2.21. The van der Waals surface area contributed by atoms with Gasteiger partial charge >= 0.3 is 0 Å². The van der Waals surface area contributed by atoms with Gasteiger partial charge in [-0.05, 0) is 44.1 Å². The van der Waals surface area contributed by atoms with Crippen LogP contribution in [0.1, 0.15) is 57.8 Å². The second kappa shape index (κ2) is 7.63. The summed E-state index contributed by atoms with van der Waals surface area (Å²) in [5.41, 5.74) is 0. The van der Waals surface area contributed by atoms with Gasteiger partial charge in [-0.2, -0.15) is 0 Å². The number of nitrogens with one attached hydrogen (secondary N) is 1. The van der Waals surface area contributed by atoms with E-state index in [1.54, 1.807) is 0 Å². The van der Waals surface area contributed by atoms with E-state index < -0.39 is 9.84 Å². The van der Waals surface area contributed by atoms with Gasteiger partial charge in [0.05, 0.1) is 11.5 Å². The minimum atomic E-state index is -2.83. The van der Waals surface area contributed by atoms with Gasteiger partial charge in [-0.15, -0.1) is 0 Å². The summed E-state index contributed by atoms with van der Waals surface area (Å²) in [6.07, 6.45) is 11.4. The molecule has 0 atom stereocenters. The zero-order chi connectivity index (χ0) is 13.6. The summed E-state index contributed by atoms with van der Waals surface area (Å²) >= 11 is 0. The molecule has 2 saturated carbocycles. The first-order valence-corrected chi connectivity index (χ1v) is 9.89. The molecule has 0 unspecified atom stereocenters. The maximum absolute atomic E-state index is 12.0. The van der Waals surface area contributed by atoms with Crippen LogP contribution in [0.15, 0.2) is 0 Å². The highest BCUT2D eigenvalue weighted by Crippen LogP contribution is 2.26. The van der Waals surface area contributed by atoms with Gasteiger partial charge in [0.25, 0.3) is 0 Å². The molecule has 0 aromatic carbocycles. The van der Waals surface area contributed by atoms with Crippen LogP contribution in [0, 0.1) is 11.8 Å². The Kier molecular flexibility index (Phi) is 6.14. The molecule has 2 aliphatic carbocycles. The molecule has 19 heavy (non-hydrogen) atoms. The summed E-state index contributed by atoms with van der Waals surface area (Å²) in [4.78, 5) is 0. The zero-order valence-electron chi connectivity index (χ0n) is 12.1. The van der Waals surface area contributed by atoms with Crippen molar-refractivity contribution >= 4 is 9.84 Å². The van der Waals surface area contributed by atoms with Crippen LogP contribution in [-0.4, -0.2) is 33.0 Å². The Hall–Kier alpha value is -0.0900. The van der Waals surface area contributed by atoms with E-state index in [1.165, 1.54) is 44.9 Å². The van der Waals surface area contributed by atoms with Gasteiger partial charge in [-0.25, -0.2) is 8.42 Å². The number of hydrogen-bond acceptors (Lipinski definition) is 3. The van der Waals surface area contributed by atoms with Crippen LogP contribution >= 0.6 is 0 Å². The molecule has 0 radical (unpaired) electrons. The van der Waals surface area contributed by atoms with E-state index in [0.717, 1.165) is 25.3 Å². The lowest BCUT2D eigenvalue weighted by atomic mass is 9.89. The summed E-state index contributed by atoms with van der Waals surface area (Å²) in [5, 5.41) is 3.36. The van der Waals surface area contributed by atoms with Crippen LogP contribution < -0.4 is 5.32 Å². The Morgan fingerprint density at radius 2 is 1.42 bits per heavy atom. The molecule has 112 valence electrons. The highest BCUT2D eigenvalue weighted by Gasteiger charge is 2.22. The van der Waals surface area contributed by atoms with Crippen molar-refractivity contribution in [2.24, 2.45) is 11.8 Å². The molecule has 1 N–H and O–H groups in total. The van der Waals surface area contributed by atoms with Gasteiger partial charge in [0.1, 0.15) is 0 Å². The lowest BCUT2D eigenvalue weighted by molar-refractivity contribution is 0.345. The second-order valence-corrected chi connectivity index (χ2v) is 8.70. The van der Waals surface area contributed by atoms with E-state index in [1.807, 2.05) is 0 Å². The van der Waals surface area contributed by atoms with Gasteiger partial charge in [-0.1, -0.05) is 32.1 Å². The molecular weight excluding hydrogens is 258 g/mol. The fourth-order valence-corrected chi connectivity index (χ4v) is 5.22. The molecule has 0 aromatic rings. The maximum Gasteiger partial charge on any atom is 0.151 e. The summed E-state index contributed by atoms with van der Waals surface area (Å²) in [6.45, 7) is 1.66. The third kappa shape index (κ3) is 5.82. The van der Waals surface area contributed by atoms with E-state index in [4.69, 9.17) is 0 Å². The van der Waals surface area contributed by atoms with Crippen LogP contribution in [0.3, 0.4) is 0 Å². The van der Waals surface area contributed by atoms with Crippen molar-refractivity contribution in [1.29, 1.82) is 0 Å². The van der Waals surface area contributed by atoms with Crippen molar-refractivity contribution in [2.75, 3.05) is 24.6 Å². The minimum Gasteiger partial charge on any atom is -0.315 e. The Balaban J connectivity index is 1.58. The molecule has 0 aliphatic heterocycles. The van der Waals surface area contributed by atoms with Gasteiger partial charge in [-0.3, -0.25) is 0 Å². The van der Waals surface area contributed by atoms with Crippen molar-refractivity contribution in [3.63, 3.8) is 0 Å².